The smallest absolute Gasteiger partial charge is 1.00 e. The molecule has 0 aliphatic carbocycles. The van der Waals surface area contributed by atoms with Gasteiger partial charge < -0.3 is 14.5 Å². The maximum Gasteiger partial charge on any atom is 1.00 e. The number of rotatable bonds is 0. The Morgan fingerprint density at radius 2 is 1.12 bits per heavy atom. The summed E-state index contributed by atoms with van der Waals surface area (Å²) in [6, 6.07) is 0. The number of carboxylic acid groups (broad SMARTS) is 2. The molecule has 0 atom stereocenters. The molecule has 0 unspecified atom stereocenters. The molecule has 0 aromatic heterocycles. The van der Waals surface area contributed by atoms with E-state index in [1.807, 2.05) is 0 Å². The molecular formula is CH5Na3O3Zr. The molecular weight excluding hydrogens is 220 g/mol. The molecule has 0 aromatic rings. The van der Waals surface area contributed by atoms with Crippen molar-refractivity contribution in [1.29, 1.82) is 0 Å². The topological polar surface area (TPSA) is 57.5 Å². The van der Waals surface area contributed by atoms with Crippen LogP contribution >= 0.6 is 0 Å². The van der Waals surface area contributed by atoms with Gasteiger partial charge in [0.1, 0.15) is 0 Å². The van der Waals surface area contributed by atoms with Crippen molar-refractivity contribution in [2.75, 3.05) is 0 Å². The van der Waals surface area contributed by atoms with E-state index < -0.39 is 6.16 Å². The third kappa shape index (κ3) is 61.2. The van der Waals surface area contributed by atoms with Crippen molar-refractivity contribution in [2.24, 2.45) is 0 Å². The first kappa shape index (κ1) is 30.4. The van der Waals surface area contributed by atoms with Gasteiger partial charge in [-0.25, -0.2) is 4.79 Å². The predicted octanol–water partition coefficient (Wildman–Crippen LogP) is -8.43. The molecule has 7 heteroatoms. The summed E-state index contributed by atoms with van der Waals surface area (Å²) >= 11 is 0. The van der Waals surface area contributed by atoms with Gasteiger partial charge in [-0.2, -0.15) is 0 Å². The standard InChI is InChI=1S/CH2O3.3Na.Zr.3H/c2-1(3)4;;;;;;;/h(H2,2,3,4);;;;;;;/q;3*+1;;3*-1. The van der Waals surface area contributed by atoms with Crippen LogP contribution in [-0.2, 0) is 26.2 Å². The monoisotopic (exact) mass is 224 g/mol. The Balaban J connectivity index is -0.00000000214. The van der Waals surface area contributed by atoms with Crippen molar-refractivity contribution in [3.63, 3.8) is 0 Å². The van der Waals surface area contributed by atoms with Gasteiger partial charge in [0.15, 0.2) is 0 Å². The molecule has 0 bridgehead atoms. The van der Waals surface area contributed by atoms with E-state index in [-0.39, 0.29) is 119 Å². The van der Waals surface area contributed by atoms with E-state index in [0.29, 0.717) is 0 Å². The Labute approximate surface area is 137 Å². The fourth-order valence-electron chi connectivity index (χ4n) is 0. The van der Waals surface area contributed by atoms with Gasteiger partial charge in [0.2, 0.25) is 0 Å². The fourth-order valence-corrected chi connectivity index (χ4v) is 0. The molecule has 0 saturated carbocycles. The predicted molar refractivity (Wildman–Crippen MR) is 14.0 cm³/mol. The largest absolute Gasteiger partial charge is 1.00 e. The second-order valence-electron chi connectivity index (χ2n) is 0.283. The number of hydrogen-bond donors (Lipinski definition) is 2. The molecule has 0 rings (SSSR count). The molecule has 0 aliphatic heterocycles. The Bertz CT molecular complexity index is 46.8. The van der Waals surface area contributed by atoms with Crippen molar-refractivity contribution in [3.05, 3.63) is 0 Å². The molecule has 0 radical (unpaired) electrons. The van der Waals surface area contributed by atoms with Crippen LogP contribution in [0.15, 0.2) is 0 Å². The van der Waals surface area contributed by atoms with Gasteiger partial charge in [-0.3, -0.25) is 0 Å². The van der Waals surface area contributed by atoms with Crippen LogP contribution in [0.2, 0.25) is 0 Å². The fraction of sp³-hybridized carbons (Fsp3) is 0. The first-order chi connectivity index (χ1) is 1.73. The Hall–Kier alpha value is 3.15. The Morgan fingerprint density at radius 3 is 1.12 bits per heavy atom. The molecule has 0 heterocycles. The van der Waals surface area contributed by atoms with Crippen LogP contribution < -0.4 is 88.7 Å². The summed E-state index contributed by atoms with van der Waals surface area (Å²) in [6.07, 6.45) is -1.83. The zero-order valence-electron chi connectivity index (χ0n) is 8.30. The normalized spacial score (nSPS) is 3.00. The van der Waals surface area contributed by atoms with Gasteiger partial charge in [-0.1, -0.05) is 0 Å². The molecule has 0 fully saturated rings. The summed E-state index contributed by atoms with van der Waals surface area (Å²) in [5.41, 5.74) is 0. The van der Waals surface area contributed by atoms with E-state index in [4.69, 9.17) is 15.0 Å². The van der Waals surface area contributed by atoms with E-state index >= 15 is 0 Å². The van der Waals surface area contributed by atoms with Crippen LogP contribution in [0.3, 0.4) is 0 Å². The van der Waals surface area contributed by atoms with Crippen molar-refractivity contribution in [2.45, 2.75) is 0 Å². The zero-order valence-corrected chi connectivity index (χ0v) is 13.8. The van der Waals surface area contributed by atoms with Crippen molar-refractivity contribution >= 4 is 6.16 Å². The molecule has 8 heavy (non-hydrogen) atoms. The molecule has 0 saturated heterocycles. The SMILES string of the molecule is O=C(O)O.[H-].[H-].[H-].[Na+].[Na+].[Na+].[Zr]. The molecule has 0 aromatic carbocycles. The third-order valence-electron chi connectivity index (χ3n) is 0. The summed E-state index contributed by atoms with van der Waals surface area (Å²) in [4.78, 5) is 8.56. The molecule has 34 valence electrons. The van der Waals surface area contributed by atoms with Crippen molar-refractivity contribution in [3.8, 4) is 0 Å². The second kappa shape index (κ2) is 22.5. The van der Waals surface area contributed by atoms with E-state index in [2.05, 4.69) is 0 Å². The van der Waals surface area contributed by atoms with Crippen molar-refractivity contribution in [1.82, 2.24) is 0 Å². The van der Waals surface area contributed by atoms with Gasteiger partial charge in [0, 0.05) is 26.2 Å². The summed E-state index contributed by atoms with van der Waals surface area (Å²) in [5.74, 6) is 0. The van der Waals surface area contributed by atoms with E-state index in [9.17, 15) is 0 Å². The number of carbonyl (C=O) groups is 1. The van der Waals surface area contributed by atoms with Crippen LogP contribution in [0.1, 0.15) is 4.28 Å². The second-order valence-corrected chi connectivity index (χ2v) is 0.283. The summed E-state index contributed by atoms with van der Waals surface area (Å²) < 4.78 is 0. The maximum atomic E-state index is 8.56. The minimum Gasteiger partial charge on any atom is -1.00 e. The van der Waals surface area contributed by atoms with Crippen molar-refractivity contribution < 1.29 is 134 Å². The van der Waals surface area contributed by atoms with Gasteiger partial charge >= 0.3 is 94.8 Å². The van der Waals surface area contributed by atoms with Crippen LogP contribution in [0.25, 0.3) is 0 Å². The first-order valence-corrected chi connectivity index (χ1v) is 0.651. The maximum absolute atomic E-state index is 8.56. The number of hydrogen-bond acceptors (Lipinski definition) is 1. The molecule has 2 N–H and O–H groups in total. The first-order valence-electron chi connectivity index (χ1n) is 0.651. The summed E-state index contributed by atoms with van der Waals surface area (Å²) in [6.45, 7) is 0. The average Bonchev–Trinajstić information content (AvgIpc) is 0.811. The van der Waals surface area contributed by atoms with Crippen LogP contribution in [0, 0.1) is 0 Å². The van der Waals surface area contributed by atoms with Crippen LogP contribution in [-0.4, -0.2) is 16.4 Å². The van der Waals surface area contributed by atoms with Crippen LogP contribution in [0.4, 0.5) is 4.79 Å². The van der Waals surface area contributed by atoms with Crippen LogP contribution in [0.5, 0.6) is 0 Å². The van der Waals surface area contributed by atoms with E-state index in [1.54, 1.807) is 0 Å². The zero-order chi connectivity index (χ0) is 3.58. The average molecular weight is 225 g/mol. The summed E-state index contributed by atoms with van der Waals surface area (Å²) in [5, 5.41) is 13.9. The molecule has 0 spiro atoms. The minimum absolute atomic E-state index is 0. The van der Waals surface area contributed by atoms with Gasteiger partial charge in [0.25, 0.3) is 0 Å². The Kier molecular flexibility index (Phi) is 85.3. The third-order valence-corrected chi connectivity index (χ3v) is 0. The molecule has 3 nitrogen and oxygen atoms in total. The van der Waals surface area contributed by atoms with Gasteiger partial charge in [-0.05, 0) is 0 Å². The molecule has 0 amide bonds. The van der Waals surface area contributed by atoms with E-state index in [1.165, 1.54) is 0 Å². The molecule has 0 aliphatic rings. The quantitative estimate of drug-likeness (QED) is 0.403. The minimum atomic E-state index is -1.83. The van der Waals surface area contributed by atoms with Gasteiger partial charge in [-0.15, -0.1) is 0 Å². The summed E-state index contributed by atoms with van der Waals surface area (Å²) in [7, 11) is 0. The Morgan fingerprint density at radius 1 is 1.12 bits per heavy atom. The van der Waals surface area contributed by atoms with E-state index in [0.717, 1.165) is 0 Å². The van der Waals surface area contributed by atoms with Gasteiger partial charge in [0.05, 0.1) is 0 Å².